The van der Waals surface area contributed by atoms with E-state index in [1.165, 1.54) is 18.4 Å². The van der Waals surface area contributed by atoms with Crippen LogP contribution in [0.3, 0.4) is 0 Å². The van der Waals surface area contributed by atoms with Crippen LogP contribution in [0.25, 0.3) is 0 Å². The van der Waals surface area contributed by atoms with E-state index in [4.69, 9.17) is 19.9 Å². The van der Waals surface area contributed by atoms with Crippen LogP contribution >= 0.6 is 11.3 Å². The number of ether oxygens (including phenoxy) is 3. The Bertz CT molecular complexity index is 684. The fraction of sp³-hybridized carbons (Fsp3) is 0.214. The van der Waals surface area contributed by atoms with Gasteiger partial charge >= 0.3 is 0 Å². The Morgan fingerprint density at radius 2 is 2.05 bits per heavy atom. The Balaban J connectivity index is 1.86. The molecule has 1 aliphatic rings. The number of rotatable bonds is 3. The van der Waals surface area contributed by atoms with Crippen molar-refractivity contribution in [3.8, 4) is 17.2 Å². The number of carbonyl (C=O) groups is 1. The van der Waals surface area contributed by atoms with Crippen LogP contribution in [0.4, 0.5) is 11.4 Å². The molecule has 2 heterocycles. The lowest BCUT2D eigenvalue weighted by molar-refractivity contribution is 0.102. The second-order valence-corrected chi connectivity index (χ2v) is 5.27. The van der Waals surface area contributed by atoms with Crippen LogP contribution in [0.5, 0.6) is 17.2 Å². The molecule has 1 aromatic heterocycles. The molecule has 0 saturated carbocycles. The van der Waals surface area contributed by atoms with E-state index in [1.54, 1.807) is 23.6 Å². The highest BCUT2D eigenvalue weighted by Crippen LogP contribution is 2.37. The number of hydrogen-bond acceptors (Lipinski definition) is 6. The van der Waals surface area contributed by atoms with E-state index >= 15 is 0 Å². The first-order chi connectivity index (χ1) is 10.2. The molecule has 0 bridgehead atoms. The molecule has 0 unspecified atom stereocenters. The van der Waals surface area contributed by atoms with E-state index in [1.807, 2.05) is 0 Å². The van der Waals surface area contributed by atoms with Crippen molar-refractivity contribution in [3.63, 3.8) is 0 Å². The molecule has 1 aliphatic heterocycles. The number of hydrogen-bond donors (Lipinski definition) is 2. The molecule has 110 valence electrons. The van der Waals surface area contributed by atoms with Crippen molar-refractivity contribution in [2.75, 3.05) is 31.4 Å². The van der Waals surface area contributed by atoms with Gasteiger partial charge in [0, 0.05) is 12.1 Å². The maximum absolute atomic E-state index is 12.3. The summed E-state index contributed by atoms with van der Waals surface area (Å²) in [5.41, 5.74) is 6.84. The molecule has 21 heavy (non-hydrogen) atoms. The molecule has 1 amide bonds. The Morgan fingerprint density at radius 1 is 1.33 bits per heavy atom. The van der Waals surface area contributed by atoms with E-state index < -0.39 is 0 Å². The zero-order valence-corrected chi connectivity index (χ0v) is 12.2. The number of amides is 1. The van der Waals surface area contributed by atoms with Crippen molar-refractivity contribution >= 4 is 28.6 Å². The highest BCUT2D eigenvalue weighted by atomic mass is 32.1. The number of nitrogen functional groups attached to an aromatic ring is 1. The van der Waals surface area contributed by atoms with Gasteiger partial charge in [0.2, 0.25) is 0 Å². The lowest BCUT2D eigenvalue weighted by Crippen LogP contribution is -2.17. The lowest BCUT2D eigenvalue weighted by atomic mass is 10.2. The monoisotopic (exact) mass is 306 g/mol. The van der Waals surface area contributed by atoms with E-state index in [-0.39, 0.29) is 5.91 Å². The van der Waals surface area contributed by atoms with E-state index in [9.17, 15) is 4.79 Å². The van der Waals surface area contributed by atoms with Gasteiger partial charge < -0.3 is 25.3 Å². The summed E-state index contributed by atoms with van der Waals surface area (Å²) in [6.07, 6.45) is 0. The molecule has 1 aromatic carbocycles. The Morgan fingerprint density at radius 3 is 2.76 bits per heavy atom. The third kappa shape index (κ3) is 2.59. The smallest absolute Gasteiger partial charge is 0.269 e. The number of benzene rings is 1. The van der Waals surface area contributed by atoms with Gasteiger partial charge in [0.1, 0.15) is 23.8 Å². The van der Waals surface area contributed by atoms with Crippen LogP contribution in [0.1, 0.15) is 9.67 Å². The number of carbonyl (C=O) groups excluding carboxylic acids is 1. The van der Waals surface area contributed by atoms with Gasteiger partial charge in [0.05, 0.1) is 18.5 Å². The van der Waals surface area contributed by atoms with Crippen molar-refractivity contribution in [2.24, 2.45) is 0 Å². The lowest BCUT2D eigenvalue weighted by Gasteiger charge is -2.20. The average molecular weight is 306 g/mol. The minimum absolute atomic E-state index is 0.273. The minimum Gasteiger partial charge on any atom is -0.495 e. The second kappa shape index (κ2) is 5.53. The van der Waals surface area contributed by atoms with Crippen LogP contribution in [-0.4, -0.2) is 26.2 Å². The molecule has 0 spiro atoms. The topological polar surface area (TPSA) is 82.8 Å². The highest BCUT2D eigenvalue weighted by molar-refractivity contribution is 7.12. The van der Waals surface area contributed by atoms with Crippen LogP contribution in [0, 0.1) is 0 Å². The predicted octanol–water partition coefficient (Wildman–Crippen LogP) is 2.36. The summed E-state index contributed by atoms with van der Waals surface area (Å²) >= 11 is 1.30. The minimum atomic E-state index is -0.273. The predicted molar refractivity (Wildman–Crippen MR) is 80.7 cm³/mol. The zero-order chi connectivity index (χ0) is 14.8. The molecular formula is C14H14N2O4S. The Labute approximate surface area is 125 Å². The molecule has 0 radical (unpaired) electrons. The van der Waals surface area contributed by atoms with Crippen molar-refractivity contribution in [1.29, 1.82) is 0 Å². The summed E-state index contributed by atoms with van der Waals surface area (Å²) in [6, 6.07) is 5.06. The molecule has 7 heteroatoms. The second-order valence-electron chi connectivity index (χ2n) is 4.36. The van der Waals surface area contributed by atoms with Gasteiger partial charge in [0.25, 0.3) is 5.91 Å². The fourth-order valence-electron chi connectivity index (χ4n) is 2.02. The number of nitrogens with two attached hydrogens (primary N) is 1. The standard InChI is InChI=1S/C14H14N2O4S/c1-18-10-2-5-21-13(10)14(17)16-9-7-12-11(6-8(9)15)19-3-4-20-12/h2,5-7H,3-4,15H2,1H3,(H,16,17). The van der Waals surface area contributed by atoms with E-state index in [0.29, 0.717) is 46.7 Å². The number of methoxy groups -OCH3 is 1. The summed E-state index contributed by atoms with van der Waals surface area (Å²) in [5.74, 6) is 1.42. The largest absolute Gasteiger partial charge is 0.495 e. The Kier molecular flexibility index (Phi) is 3.57. The fourth-order valence-corrected chi connectivity index (χ4v) is 2.77. The molecule has 3 rings (SSSR count). The molecule has 3 N–H and O–H groups in total. The molecule has 2 aromatic rings. The van der Waals surface area contributed by atoms with Gasteiger partial charge in [-0.1, -0.05) is 0 Å². The highest BCUT2D eigenvalue weighted by Gasteiger charge is 2.18. The molecule has 0 atom stereocenters. The van der Waals surface area contributed by atoms with Crippen molar-refractivity contribution in [2.45, 2.75) is 0 Å². The van der Waals surface area contributed by atoms with Crippen molar-refractivity contribution in [3.05, 3.63) is 28.5 Å². The molecule has 6 nitrogen and oxygen atoms in total. The maximum atomic E-state index is 12.3. The van der Waals surface area contributed by atoms with Crippen molar-refractivity contribution in [1.82, 2.24) is 0 Å². The van der Waals surface area contributed by atoms with E-state index in [0.717, 1.165) is 0 Å². The summed E-state index contributed by atoms with van der Waals surface area (Å²) in [5, 5.41) is 4.56. The first kappa shape index (κ1) is 13.6. The van der Waals surface area contributed by atoms with Crippen molar-refractivity contribution < 1.29 is 19.0 Å². The van der Waals surface area contributed by atoms with Crippen LogP contribution in [-0.2, 0) is 0 Å². The number of nitrogens with one attached hydrogen (secondary N) is 1. The SMILES string of the molecule is COc1ccsc1C(=O)Nc1cc2c(cc1N)OCCO2. The first-order valence-corrected chi connectivity index (χ1v) is 7.19. The van der Waals surface area contributed by atoms with Crippen LogP contribution in [0.2, 0.25) is 0 Å². The summed E-state index contributed by atoms with van der Waals surface area (Å²) in [6.45, 7) is 0.966. The summed E-state index contributed by atoms with van der Waals surface area (Å²) in [7, 11) is 1.53. The first-order valence-electron chi connectivity index (χ1n) is 6.31. The third-order valence-corrected chi connectivity index (χ3v) is 3.91. The Hall–Kier alpha value is -2.41. The summed E-state index contributed by atoms with van der Waals surface area (Å²) in [4.78, 5) is 12.8. The van der Waals surface area contributed by atoms with E-state index in [2.05, 4.69) is 5.32 Å². The zero-order valence-electron chi connectivity index (χ0n) is 11.3. The molecule has 0 fully saturated rings. The van der Waals surface area contributed by atoms with Gasteiger partial charge in [-0.3, -0.25) is 4.79 Å². The number of anilines is 2. The molecule has 0 saturated heterocycles. The van der Waals surface area contributed by atoms with Gasteiger partial charge in [-0.2, -0.15) is 0 Å². The van der Waals surface area contributed by atoms with Gasteiger partial charge in [-0.15, -0.1) is 11.3 Å². The number of fused-ring (bicyclic) bond motifs is 1. The summed E-state index contributed by atoms with van der Waals surface area (Å²) < 4.78 is 16.1. The van der Waals surface area contributed by atoms with Gasteiger partial charge in [0.15, 0.2) is 11.5 Å². The molecular weight excluding hydrogens is 292 g/mol. The molecule has 0 aliphatic carbocycles. The van der Waals surface area contributed by atoms with Crippen LogP contribution < -0.4 is 25.3 Å². The third-order valence-electron chi connectivity index (χ3n) is 3.02. The van der Waals surface area contributed by atoms with Gasteiger partial charge in [-0.05, 0) is 11.4 Å². The number of thiophene rings is 1. The maximum Gasteiger partial charge on any atom is 0.269 e. The average Bonchev–Trinajstić information content (AvgIpc) is 2.96. The van der Waals surface area contributed by atoms with Crippen LogP contribution in [0.15, 0.2) is 23.6 Å². The normalized spacial score (nSPS) is 12.8. The quantitative estimate of drug-likeness (QED) is 0.851. The van der Waals surface area contributed by atoms with Gasteiger partial charge in [-0.25, -0.2) is 0 Å².